The van der Waals surface area contributed by atoms with E-state index in [4.69, 9.17) is 18.9 Å². The third-order valence-corrected chi connectivity index (χ3v) is 4.33. The molecule has 4 fully saturated rings. The summed E-state index contributed by atoms with van der Waals surface area (Å²) in [6.07, 6.45) is 6.41. The van der Waals surface area contributed by atoms with Crippen LogP contribution in [0.1, 0.15) is 25.7 Å². The van der Waals surface area contributed by atoms with Gasteiger partial charge in [0.05, 0.1) is 26.4 Å². The van der Waals surface area contributed by atoms with Gasteiger partial charge in [0, 0.05) is 13.1 Å². The SMILES string of the molecule is C(CCCN(C1CO1)C1CO1)CCN(C1CO1)C1CO1. The Hall–Kier alpha value is -0.240. The van der Waals surface area contributed by atoms with Crippen molar-refractivity contribution >= 4 is 0 Å². The van der Waals surface area contributed by atoms with Crippen molar-refractivity contribution in [3.8, 4) is 0 Å². The molecule has 0 aromatic rings. The minimum absolute atomic E-state index is 0.344. The Bertz CT molecular complexity index is 271. The Morgan fingerprint density at radius 3 is 1.10 bits per heavy atom. The lowest BCUT2D eigenvalue weighted by atomic mass is 10.2. The number of nitrogens with zero attached hydrogens (tertiary/aromatic N) is 2. The average molecular weight is 284 g/mol. The summed E-state index contributed by atoms with van der Waals surface area (Å²) in [5, 5.41) is 0. The molecule has 4 atom stereocenters. The molecular formula is C14H24N2O4. The number of hydrogen-bond donors (Lipinski definition) is 0. The zero-order valence-corrected chi connectivity index (χ0v) is 11.9. The maximum absolute atomic E-state index is 5.36. The molecule has 4 heterocycles. The van der Waals surface area contributed by atoms with Crippen LogP contribution >= 0.6 is 0 Å². The first-order chi connectivity index (χ1) is 9.92. The molecule has 4 aliphatic heterocycles. The smallest absolute Gasteiger partial charge is 0.136 e. The van der Waals surface area contributed by atoms with E-state index in [2.05, 4.69) is 9.80 Å². The molecule has 0 radical (unpaired) electrons. The van der Waals surface area contributed by atoms with Crippen molar-refractivity contribution in [3.63, 3.8) is 0 Å². The summed E-state index contributed by atoms with van der Waals surface area (Å²) in [5.74, 6) is 0. The fourth-order valence-corrected chi connectivity index (χ4v) is 2.83. The van der Waals surface area contributed by atoms with Gasteiger partial charge in [-0.2, -0.15) is 0 Å². The van der Waals surface area contributed by atoms with Crippen molar-refractivity contribution in [1.82, 2.24) is 9.80 Å². The molecule has 0 aliphatic carbocycles. The van der Waals surface area contributed by atoms with Crippen molar-refractivity contribution in [2.24, 2.45) is 0 Å². The highest BCUT2D eigenvalue weighted by molar-refractivity contribution is 4.81. The minimum Gasteiger partial charge on any atom is -0.356 e. The molecule has 0 aromatic heterocycles. The molecule has 114 valence electrons. The summed E-state index contributed by atoms with van der Waals surface area (Å²) < 4.78 is 21.4. The van der Waals surface area contributed by atoms with Gasteiger partial charge in [-0.1, -0.05) is 12.8 Å². The second-order valence-corrected chi connectivity index (χ2v) is 6.04. The average Bonchev–Trinajstić information content (AvgIpc) is 3.27. The van der Waals surface area contributed by atoms with E-state index in [1.54, 1.807) is 0 Å². The highest BCUT2D eigenvalue weighted by Gasteiger charge is 2.42. The number of ether oxygens (including phenoxy) is 4. The van der Waals surface area contributed by atoms with Crippen LogP contribution < -0.4 is 0 Å². The first-order valence-electron chi connectivity index (χ1n) is 7.90. The largest absolute Gasteiger partial charge is 0.356 e. The van der Waals surface area contributed by atoms with E-state index in [1.807, 2.05) is 0 Å². The van der Waals surface area contributed by atoms with E-state index in [1.165, 1.54) is 25.7 Å². The van der Waals surface area contributed by atoms with Gasteiger partial charge in [-0.05, 0) is 12.8 Å². The topological polar surface area (TPSA) is 56.6 Å². The molecule has 4 unspecified atom stereocenters. The molecule has 0 amide bonds. The number of unbranched alkanes of at least 4 members (excludes halogenated alkanes) is 3. The van der Waals surface area contributed by atoms with Crippen LogP contribution in [0.5, 0.6) is 0 Å². The van der Waals surface area contributed by atoms with E-state index >= 15 is 0 Å². The van der Waals surface area contributed by atoms with E-state index in [9.17, 15) is 0 Å². The second kappa shape index (κ2) is 5.87. The predicted molar refractivity (Wildman–Crippen MR) is 70.8 cm³/mol. The zero-order chi connectivity index (χ0) is 13.4. The maximum Gasteiger partial charge on any atom is 0.136 e. The summed E-state index contributed by atoms with van der Waals surface area (Å²) in [7, 11) is 0. The Morgan fingerprint density at radius 1 is 0.550 bits per heavy atom. The molecule has 4 saturated heterocycles. The van der Waals surface area contributed by atoms with Gasteiger partial charge in [0.15, 0.2) is 0 Å². The number of rotatable bonds is 11. The van der Waals surface area contributed by atoms with Crippen molar-refractivity contribution < 1.29 is 18.9 Å². The fourth-order valence-electron chi connectivity index (χ4n) is 2.83. The minimum atomic E-state index is 0.344. The van der Waals surface area contributed by atoms with E-state index in [0.717, 1.165) is 39.5 Å². The summed E-state index contributed by atoms with van der Waals surface area (Å²) >= 11 is 0. The van der Waals surface area contributed by atoms with Crippen molar-refractivity contribution in [2.45, 2.75) is 50.6 Å². The zero-order valence-electron chi connectivity index (χ0n) is 11.9. The third kappa shape index (κ3) is 3.69. The lowest BCUT2D eigenvalue weighted by Crippen LogP contribution is -2.31. The van der Waals surface area contributed by atoms with Gasteiger partial charge in [0.1, 0.15) is 24.9 Å². The van der Waals surface area contributed by atoms with Crippen LogP contribution in [-0.2, 0) is 18.9 Å². The Balaban J connectivity index is 1.06. The van der Waals surface area contributed by atoms with Gasteiger partial charge in [-0.3, -0.25) is 0 Å². The monoisotopic (exact) mass is 284 g/mol. The molecule has 0 bridgehead atoms. The van der Waals surface area contributed by atoms with Crippen molar-refractivity contribution in [1.29, 1.82) is 0 Å². The standard InChI is InChI=1S/C14H24N2O4/c1(3-5-15(11-7-17-11)12-8-18-12)2-4-6-16(13-9-19-13)14-10-20-14/h11-14H,1-10H2. The fraction of sp³-hybridized carbons (Fsp3) is 1.00. The van der Waals surface area contributed by atoms with Crippen molar-refractivity contribution in [2.75, 3.05) is 39.5 Å². The third-order valence-electron chi connectivity index (χ3n) is 4.33. The van der Waals surface area contributed by atoms with Crippen LogP contribution in [0.15, 0.2) is 0 Å². The van der Waals surface area contributed by atoms with Crippen LogP contribution in [0.3, 0.4) is 0 Å². The lowest BCUT2D eigenvalue weighted by Gasteiger charge is -2.18. The van der Waals surface area contributed by atoms with Crippen LogP contribution in [0, 0.1) is 0 Å². The molecule has 6 nitrogen and oxygen atoms in total. The van der Waals surface area contributed by atoms with Crippen LogP contribution in [0.25, 0.3) is 0 Å². The van der Waals surface area contributed by atoms with Gasteiger partial charge in [0.25, 0.3) is 0 Å². The summed E-state index contributed by atoms with van der Waals surface area (Å²) in [6, 6.07) is 0. The summed E-state index contributed by atoms with van der Waals surface area (Å²) in [5.41, 5.74) is 0. The van der Waals surface area contributed by atoms with E-state index in [-0.39, 0.29) is 0 Å². The normalized spacial score (nSPS) is 37.5. The highest BCUT2D eigenvalue weighted by Crippen LogP contribution is 2.27. The Labute approximate surface area is 119 Å². The lowest BCUT2D eigenvalue weighted by molar-refractivity contribution is 0.106. The van der Waals surface area contributed by atoms with Crippen molar-refractivity contribution in [3.05, 3.63) is 0 Å². The molecular weight excluding hydrogens is 260 g/mol. The molecule has 6 heteroatoms. The molecule has 4 rings (SSSR count). The molecule has 0 saturated carbocycles. The number of hydrogen-bond acceptors (Lipinski definition) is 6. The van der Waals surface area contributed by atoms with E-state index in [0.29, 0.717) is 24.9 Å². The van der Waals surface area contributed by atoms with E-state index < -0.39 is 0 Å². The molecule has 0 aromatic carbocycles. The van der Waals surface area contributed by atoms with Gasteiger partial charge in [-0.25, -0.2) is 9.80 Å². The second-order valence-electron chi connectivity index (χ2n) is 6.04. The van der Waals surface area contributed by atoms with Gasteiger partial charge >= 0.3 is 0 Å². The summed E-state index contributed by atoms with van der Waals surface area (Å²) in [4.78, 5) is 4.73. The Kier molecular flexibility index (Phi) is 3.94. The highest BCUT2D eigenvalue weighted by atomic mass is 16.6. The quantitative estimate of drug-likeness (QED) is 0.408. The molecule has 20 heavy (non-hydrogen) atoms. The van der Waals surface area contributed by atoms with Gasteiger partial charge in [0.2, 0.25) is 0 Å². The van der Waals surface area contributed by atoms with Gasteiger partial charge in [-0.15, -0.1) is 0 Å². The van der Waals surface area contributed by atoms with Crippen LogP contribution in [0.2, 0.25) is 0 Å². The first-order valence-corrected chi connectivity index (χ1v) is 7.90. The summed E-state index contributed by atoms with van der Waals surface area (Å²) in [6.45, 7) is 5.76. The number of epoxide rings is 4. The predicted octanol–water partition coefficient (Wildman–Crippen LogP) is 0.576. The maximum atomic E-state index is 5.36. The molecule has 0 spiro atoms. The molecule has 0 N–H and O–H groups in total. The van der Waals surface area contributed by atoms with Gasteiger partial charge < -0.3 is 18.9 Å². The molecule has 4 aliphatic rings. The first kappa shape index (κ1) is 13.4. The Morgan fingerprint density at radius 2 is 0.850 bits per heavy atom. The van der Waals surface area contributed by atoms with Crippen LogP contribution in [0.4, 0.5) is 0 Å². The van der Waals surface area contributed by atoms with Crippen LogP contribution in [-0.4, -0.2) is 74.2 Å².